The Kier molecular flexibility index (Phi) is 4.77. The maximum absolute atomic E-state index is 13.9. The molecule has 2 fully saturated rings. The monoisotopic (exact) mass is 278 g/mol. The molecule has 0 radical (unpaired) electrons. The van der Waals surface area contributed by atoms with E-state index in [1.165, 1.54) is 0 Å². The molecular formula is C14H25F3N2. The number of nitrogens with zero attached hydrogens (tertiary/aromatic N) is 1. The molecule has 4 unspecified atom stereocenters. The average molecular weight is 278 g/mol. The summed E-state index contributed by atoms with van der Waals surface area (Å²) in [7, 11) is 3.58. The van der Waals surface area contributed by atoms with E-state index in [1.807, 2.05) is 11.9 Å². The highest BCUT2D eigenvalue weighted by Gasteiger charge is 2.49. The third kappa shape index (κ3) is 3.43. The van der Waals surface area contributed by atoms with Crippen LogP contribution >= 0.6 is 0 Å². The lowest BCUT2D eigenvalue weighted by Crippen LogP contribution is -2.36. The van der Waals surface area contributed by atoms with E-state index < -0.39 is 18.0 Å². The molecule has 0 amide bonds. The Morgan fingerprint density at radius 1 is 1.32 bits per heavy atom. The molecule has 0 saturated heterocycles. The lowest BCUT2D eigenvalue weighted by molar-refractivity contribution is -0.0387. The van der Waals surface area contributed by atoms with Crippen LogP contribution in [0.4, 0.5) is 13.2 Å². The van der Waals surface area contributed by atoms with Gasteiger partial charge in [-0.05, 0) is 33.4 Å². The van der Waals surface area contributed by atoms with E-state index in [1.54, 1.807) is 7.05 Å². The first-order chi connectivity index (χ1) is 8.94. The second-order valence-electron chi connectivity index (χ2n) is 6.26. The number of hydrogen-bond donors (Lipinski definition) is 1. The van der Waals surface area contributed by atoms with Gasteiger partial charge in [-0.3, -0.25) is 0 Å². The SMILES string of the molecule is CNCC1CC(N(C)CC2CCCC2F)CC1(F)F. The number of nitrogens with one attached hydrogen (secondary N) is 1. The molecule has 0 spiro atoms. The highest BCUT2D eigenvalue weighted by atomic mass is 19.3. The molecule has 0 aliphatic heterocycles. The van der Waals surface area contributed by atoms with Crippen molar-refractivity contribution in [2.75, 3.05) is 27.2 Å². The van der Waals surface area contributed by atoms with E-state index in [4.69, 9.17) is 0 Å². The summed E-state index contributed by atoms with van der Waals surface area (Å²) >= 11 is 0. The Balaban J connectivity index is 1.88. The molecule has 0 heterocycles. The second-order valence-corrected chi connectivity index (χ2v) is 6.26. The van der Waals surface area contributed by atoms with Crippen LogP contribution in [0.1, 0.15) is 32.1 Å². The van der Waals surface area contributed by atoms with Gasteiger partial charge in [0, 0.05) is 37.4 Å². The number of rotatable bonds is 5. The van der Waals surface area contributed by atoms with Crippen molar-refractivity contribution < 1.29 is 13.2 Å². The van der Waals surface area contributed by atoms with Crippen LogP contribution < -0.4 is 5.32 Å². The number of halogens is 3. The molecule has 2 aliphatic carbocycles. The summed E-state index contributed by atoms with van der Waals surface area (Å²) in [4.78, 5) is 1.96. The van der Waals surface area contributed by atoms with E-state index >= 15 is 0 Å². The van der Waals surface area contributed by atoms with Crippen molar-refractivity contribution in [1.82, 2.24) is 10.2 Å². The van der Waals surface area contributed by atoms with Gasteiger partial charge in [0.1, 0.15) is 6.17 Å². The molecule has 2 aliphatic rings. The van der Waals surface area contributed by atoms with Gasteiger partial charge >= 0.3 is 0 Å². The average Bonchev–Trinajstić information content (AvgIpc) is 2.85. The molecule has 4 atom stereocenters. The van der Waals surface area contributed by atoms with Gasteiger partial charge in [-0.1, -0.05) is 6.42 Å². The molecule has 1 N–H and O–H groups in total. The van der Waals surface area contributed by atoms with Gasteiger partial charge in [0.2, 0.25) is 0 Å². The lowest BCUT2D eigenvalue weighted by Gasteiger charge is -2.27. The van der Waals surface area contributed by atoms with Crippen LogP contribution in [0.5, 0.6) is 0 Å². The van der Waals surface area contributed by atoms with E-state index in [2.05, 4.69) is 5.32 Å². The molecule has 19 heavy (non-hydrogen) atoms. The third-order valence-corrected chi connectivity index (χ3v) is 4.82. The summed E-state index contributed by atoms with van der Waals surface area (Å²) in [5.41, 5.74) is 0. The fourth-order valence-electron chi connectivity index (χ4n) is 3.60. The van der Waals surface area contributed by atoms with Crippen molar-refractivity contribution in [2.24, 2.45) is 11.8 Å². The largest absolute Gasteiger partial charge is 0.319 e. The van der Waals surface area contributed by atoms with Crippen molar-refractivity contribution in [3.05, 3.63) is 0 Å². The van der Waals surface area contributed by atoms with Crippen LogP contribution in [0.3, 0.4) is 0 Å². The van der Waals surface area contributed by atoms with Gasteiger partial charge in [-0.15, -0.1) is 0 Å². The quantitative estimate of drug-likeness (QED) is 0.832. The van der Waals surface area contributed by atoms with Crippen molar-refractivity contribution in [3.63, 3.8) is 0 Å². The first-order valence-electron chi connectivity index (χ1n) is 7.30. The standard InChI is InChI=1S/C14H25F3N2/c1-18-8-11-6-12(7-14(11,16)17)19(2)9-10-4-3-5-13(10)15/h10-13,18H,3-9H2,1-2H3. The molecule has 5 heteroatoms. The van der Waals surface area contributed by atoms with Crippen molar-refractivity contribution in [2.45, 2.75) is 50.2 Å². The Bertz CT molecular complexity index is 298. The fourth-order valence-corrected chi connectivity index (χ4v) is 3.60. The molecule has 0 aromatic rings. The zero-order valence-electron chi connectivity index (χ0n) is 11.8. The normalized spacial score (nSPS) is 38.2. The minimum atomic E-state index is -2.59. The zero-order valence-corrected chi connectivity index (χ0v) is 11.8. The summed E-state index contributed by atoms with van der Waals surface area (Å²) in [5, 5.41) is 2.85. The lowest BCUT2D eigenvalue weighted by atomic mass is 10.0. The van der Waals surface area contributed by atoms with Crippen LogP contribution in [0.15, 0.2) is 0 Å². The van der Waals surface area contributed by atoms with Crippen LogP contribution in [-0.4, -0.2) is 50.2 Å². The fraction of sp³-hybridized carbons (Fsp3) is 1.00. The van der Waals surface area contributed by atoms with Gasteiger partial charge in [-0.25, -0.2) is 13.2 Å². The maximum Gasteiger partial charge on any atom is 0.253 e. The minimum Gasteiger partial charge on any atom is -0.319 e. The predicted octanol–water partition coefficient (Wildman–Crippen LogP) is 2.69. The zero-order chi connectivity index (χ0) is 14.0. The first kappa shape index (κ1) is 15.1. The minimum absolute atomic E-state index is 0.0435. The topological polar surface area (TPSA) is 15.3 Å². The van der Waals surface area contributed by atoms with E-state index in [0.29, 0.717) is 25.9 Å². The van der Waals surface area contributed by atoms with Crippen molar-refractivity contribution in [1.29, 1.82) is 0 Å². The molecule has 2 nitrogen and oxygen atoms in total. The molecular weight excluding hydrogens is 253 g/mol. The summed E-state index contributed by atoms with van der Waals surface area (Å²) in [5.74, 6) is -3.14. The van der Waals surface area contributed by atoms with E-state index in [0.717, 1.165) is 12.8 Å². The molecule has 0 bridgehead atoms. The van der Waals surface area contributed by atoms with Gasteiger partial charge in [0.05, 0.1) is 0 Å². The van der Waals surface area contributed by atoms with Gasteiger partial charge in [0.15, 0.2) is 0 Å². The second kappa shape index (κ2) is 6.00. The van der Waals surface area contributed by atoms with Crippen molar-refractivity contribution >= 4 is 0 Å². The highest BCUT2D eigenvalue weighted by molar-refractivity contribution is 4.95. The Morgan fingerprint density at radius 2 is 2.05 bits per heavy atom. The highest BCUT2D eigenvalue weighted by Crippen LogP contribution is 2.42. The summed E-state index contributed by atoms with van der Waals surface area (Å²) in [6, 6.07) is -0.110. The smallest absolute Gasteiger partial charge is 0.253 e. The maximum atomic E-state index is 13.9. The Morgan fingerprint density at radius 3 is 2.63 bits per heavy atom. The Labute approximate surface area is 113 Å². The van der Waals surface area contributed by atoms with Crippen molar-refractivity contribution in [3.8, 4) is 0 Å². The van der Waals surface area contributed by atoms with E-state index in [-0.39, 0.29) is 18.4 Å². The predicted molar refractivity (Wildman–Crippen MR) is 70.3 cm³/mol. The van der Waals surface area contributed by atoms with Crippen LogP contribution in [0, 0.1) is 11.8 Å². The van der Waals surface area contributed by atoms with E-state index in [9.17, 15) is 13.2 Å². The first-order valence-corrected chi connectivity index (χ1v) is 7.30. The van der Waals surface area contributed by atoms with Crippen LogP contribution in [-0.2, 0) is 0 Å². The molecule has 2 rings (SSSR count). The third-order valence-electron chi connectivity index (χ3n) is 4.82. The van der Waals surface area contributed by atoms with Crippen LogP contribution in [0.25, 0.3) is 0 Å². The van der Waals surface area contributed by atoms with Crippen LogP contribution in [0.2, 0.25) is 0 Å². The molecule has 112 valence electrons. The molecule has 0 aromatic heterocycles. The molecule has 0 aromatic carbocycles. The van der Waals surface area contributed by atoms with Gasteiger partial charge in [0.25, 0.3) is 5.92 Å². The summed E-state index contributed by atoms with van der Waals surface area (Å²) in [6.45, 7) is 0.973. The number of alkyl halides is 3. The van der Waals surface area contributed by atoms with Gasteiger partial charge < -0.3 is 10.2 Å². The number of hydrogen-bond acceptors (Lipinski definition) is 2. The molecule has 2 saturated carbocycles. The summed E-state index contributed by atoms with van der Waals surface area (Å²) in [6.07, 6.45) is 2.16. The summed E-state index contributed by atoms with van der Waals surface area (Å²) < 4.78 is 41.3. The Hall–Kier alpha value is -0.290. The van der Waals surface area contributed by atoms with Gasteiger partial charge in [-0.2, -0.15) is 0 Å².